The molecule has 0 radical (unpaired) electrons. The third-order valence-corrected chi connectivity index (χ3v) is 7.36. The summed E-state index contributed by atoms with van der Waals surface area (Å²) in [6.45, 7) is 4.12. The molecule has 4 heteroatoms. The number of hydrogen-bond acceptors (Lipinski definition) is 3. The highest BCUT2D eigenvalue weighted by atomic mass is 16.3. The van der Waals surface area contributed by atoms with Crippen LogP contribution in [0.15, 0.2) is 85.1 Å². The molecular weight excluding hydrogens is 542 g/mol. The van der Waals surface area contributed by atoms with Gasteiger partial charge in [0.05, 0.1) is 18.8 Å². The van der Waals surface area contributed by atoms with E-state index in [4.69, 9.17) is 0 Å². The van der Waals surface area contributed by atoms with Crippen molar-refractivity contribution in [3.8, 4) is 0 Å². The molecule has 250 valence electrons. The first-order valence-electron chi connectivity index (χ1n) is 17.8. The molecule has 0 saturated heterocycles. The summed E-state index contributed by atoms with van der Waals surface area (Å²) in [4.78, 5) is 12.3. The van der Waals surface area contributed by atoms with Gasteiger partial charge in [0.25, 0.3) is 0 Å². The molecule has 4 nitrogen and oxygen atoms in total. The molecule has 2 unspecified atom stereocenters. The zero-order valence-corrected chi connectivity index (χ0v) is 28.4. The van der Waals surface area contributed by atoms with E-state index in [1.807, 2.05) is 6.08 Å². The van der Waals surface area contributed by atoms with Gasteiger partial charge in [-0.15, -0.1) is 0 Å². The van der Waals surface area contributed by atoms with E-state index in [-0.39, 0.29) is 12.5 Å². The molecule has 0 spiro atoms. The van der Waals surface area contributed by atoms with E-state index in [0.717, 1.165) is 64.2 Å². The Bertz CT molecular complexity index is 834. The number of amides is 1. The van der Waals surface area contributed by atoms with Crippen molar-refractivity contribution < 1.29 is 15.0 Å². The molecule has 0 aromatic rings. The van der Waals surface area contributed by atoms with Crippen LogP contribution in [-0.4, -0.2) is 34.9 Å². The lowest BCUT2D eigenvalue weighted by atomic mass is 10.1. The number of carbonyl (C=O) groups is 1. The molecule has 0 fully saturated rings. The van der Waals surface area contributed by atoms with Crippen molar-refractivity contribution in [1.82, 2.24) is 5.32 Å². The van der Waals surface area contributed by atoms with E-state index in [1.54, 1.807) is 6.08 Å². The molecule has 0 bridgehead atoms. The van der Waals surface area contributed by atoms with Crippen molar-refractivity contribution in [3.63, 3.8) is 0 Å². The molecule has 0 rings (SSSR count). The Balaban J connectivity index is 3.85. The molecule has 44 heavy (non-hydrogen) atoms. The molecule has 0 saturated carbocycles. The molecule has 0 aromatic carbocycles. The van der Waals surface area contributed by atoms with Crippen molar-refractivity contribution in [2.45, 2.75) is 154 Å². The van der Waals surface area contributed by atoms with Crippen LogP contribution in [0.1, 0.15) is 142 Å². The number of nitrogens with one attached hydrogen (secondary N) is 1. The van der Waals surface area contributed by atoms with E-state index in [0.29, 0.717) is 6.42 Å². The molecule has 3 N–H and O–H groups in total. The van der Waals surface area contributed by atoms with Crippen LogP contribution in [0.4, 0.5) is 0 Å². The van der Waals surface area contributed by atoms with Crippen molar-refractivity contribution in [1.29, 1.82) is 0 Å². The molecule has 0 heterocycles. The highest BCUT2D eigenvalue weighted by molar-refractivity contribution is 5.76. The Labute approximate surface area is 271 Å². The quantitative estimate of drug-likeness (QED) is 0.0560. The predicted octanol–water partition coefficient (Wildman–Crippen LogP) is 10.6. The Hall–Kier alpha value is -2.43. The fourth-order valence-electron chi connectivity index (χ4n) is 4.64. The smallest absolute Gasteiger partial charge is 0.220 e. The lowest BCUT2D eigenvalue weighted by Crippen LogP contribution is -2.45. The fourth-order valence-corrected chi connectivity index (χ4v) is 4.64. The molecule has 0 aliphatic rings. The van der Waals surface area contributed by atoms with Crippen LogP contribution in [0.3, 0.4) is 0 Å². The predicted molar refractivity (Wildman–Crippen MR) is 193 cm³/mol. The lowest BCUT2D eigenvalue weighted by molar-refractivity contribution is -0.122. The van der Waals surface area contributed by atoms with Crippen molar-refractivity contribution >= 4 is 5.91 Å². The summed E-state index contributed by atoms with van der Waals surface area (Å²) >= 11 is 0. The first-order valence-corrected chi connectivity index (χ1v) is 17.8. The summed E-state index contributed by atoms with van der Waals surface area (Å²) in [6, 6.07) is -0.672. The summed E-state index contributed by atoms with van der Waals surface area (Å²) in [5.41, 5.74) is 0. The molecule has 0 aliphatic heterocycles. The van der Waals surface area contributed by atoms with Gasteiger partial charge >= 0.3 is 0 Å². The minimum atomic E-state index is -0.888. The lowest BCUT2D eigenvalue weighted by Gasteiger charge is -2.19. The van der Waals surface area contributed by atoms with Crippen LogP contribution in [0.25, 0.3) is 0 Å². The monoisotopic (exact) mass is 610 g/mol. The second-order valence-electron chi connectivity index (χ2n) is 11.5. The Kier molecular flexibility index (Phi) is 33.1. The minimum absolute atomic E-state index is 0.136. The number of unbranched alkanes of at least 4 members (excludes halogenated alkanes) is 11. The standard InChI is InChI=1S/C40H67NO3/c1-3-5-7-9-11-13-15-17-19-20-22-24-26-28-30-32-34-36-40(44)41-38(37-42)39(43)35-33-31-29-27-25-23-21-18-16-14-12-10-8-6-4-2/h5,7,11,13,17,19,22,24-25,27-28,30,33,35,38-39,42-43H,3-4,6,8-10,12,14-16,18,20-21,23,26,29,31-32,34,36-37H2,1-2H3,(H,41,44)/b7-5-,13-11-,19-17-,24-22-,27-25+,30-28-,35-33+. The van der Waals surface area contributed by atoms with Crippen molar-refractivity contribution in [2.75, 3.05) is 6.61 Å². The molecule has 0 aromatic heterocycles. The zero-order valence-electron chi connectivity index (χ0n) is 28.4. The SMILES string of the molecule is CC/C=C\C/C=C\C/C=C\C/C=C\C/C=C\CCCC(=O)NC(CO)C(O)/C=C/CC/C=C/CCCCCCCCCCC. The van der Waals surface area contributed by atoms with Crippen molar-refractivity contribution in [3.05, 3.63) is 85.1 Å². The fraction of sp³-hybridized carbons (Fsp3) is 0.625. The van der Waals surface area contributed by atoms with Crippen LogP contribution < -0.4 is 5.32 Å². The van der Waals surface area contributed by atoms with Gasteiger partial charge in [0.2, 0.25) is 5.91 Å². The highest BCUT2D eigenvalue weighted by Gasteiger charge is 2.17. The highest BCUT2D eigenvalue weighted by Crippen LogP contribution is 2.11. The van der Waals surface area contributed by atoms with Crippen LogP contribution in [-0.2, 0) is 4.79 Å². The Morgan fingerprint density at radius 1 is 0.568 bits per heavy atom. The first kappa shape index (κ1) is 41.6. The van der Waals surface area contributed by atoms with Gasteiger partial charge in [0, 0.05) is 6.42 Å². The van der Waals surface area contributed by atoms with E-state index in [9.17, 15) is 15.0 Å². The molecular formula is C40H67NO3. The minimum Gasteiger partial charge on any atom is -0.394 e. The number of allylic oxidation sites excluding steroid dienone is 13. The Morgan fingerprint density at radius 3 is 1.59 bits per heavy atom. The van der Waals surface area contributed by atoms with Gasteiger partial charge in [-0.3, -0.25) is 4.79 Å². The van der Waals surface area contributed by atoms with Gasteiger partial charge in [-0.05, 0) is 70.6 Å². The Morgan fingerprint density at radius 2 is 1.02 bits per heavy atom. The second-order valence-corrected chi connectivity index (χ2v) is 11.5. The number of rotatable bonds is 30. The van der Waals surface area contributed by atoms with Crippen molar-refractivity contribution in [2.24, 2.45) is 0 Å². The van der Waals surface area contributed by atoms with E-state index in [2.05, 4.69) is 92.1 Å². The first-order chi connectivity index (χ1) is 21.7. The second kappa shape index (κ2) is 35.1. The maximum atomic E-state index is 12.3. The van der Waals surface area contributed by atoms with Crippen LogP contribution in [0, 0.1) is 0 Å². The van der Waals surface area contributed by atoms with Crippen LogP contribution in [0.5, 0.6) is 0 Å². The average molecular weight is 610 g/mol. The largest absolute Gasteiger partial charge is 0.394 e. The summed E-state index contributed by atoms with van der Waals surface area (Å²) in [5, 5.41) is 22.8. The van der Waals surface area contributed by atoms with Gasteiger partial charge in [-0.1, -0.05) is 150 Å². The number of aliphatic hydroxyl groups excluding tert-OH is 2. The van der Waals surface area contributed by atoms with Gasteiger partial charge in [-0.25, -0.2) is 0 Å². The number of hydrogen-bond donors (Lipinski definition) is 3. The van der Waals surface area contributed by atoms with E-state index < -0.39 is 12.1 Å². The third kappa shape index (κ3) is 31.0. The average Bonchev–Trinajstić information content (AvgIpc) is 3.03. The maximum Gasteiger partial charge on any atom is 0.220 e. The molecule has 0 aliphatic carbocycles. The van der Waals surface area contributed by atoms with Gasteiger partial charge in [-0.2, -0.15) is 0 Å². The van der Waals surface area contributed by atoms with Crippen LogP contribution >= 0.6 is 0 Å². The topological polar surface area (TPSA) is 69.6 Å². The van der Waals surface area contributed by atoms with Gasteiger partial charge < -0.3 is 15.5 Å². The molecule has 2 atom stereocenters. The van der Waals surface area contributed by atoms with Gasteiger partial charge in [0.15, 0.2) is 0 Å². The van der Waals surface area contributed by atoms with Gasteiger partial charge in [0.1, 0.15) is 0 Å². The maximum absolute atomic E-state index is 12.3. The normalized spacial score (nSPS) is 14.2. The summed E-state index contributed by atoms with van der Waals surface area (Å²) in [5.74, 6) is -0.136. The number of carbonyl (C=O) groups excluding carboxylic acids is 1. The van der Waals surface area contributed by atoms with E-state index >= 15 is 0 Å². The third-order valence-electron chi connectivity index (χ3n) is 7.36. The number of aliphatic hydroxyl groups is 2. The van der Waals surface area contributed by atoms with E-state index in [1.165, 1.54) is 57.8 Å². The molecule has 1 amide bonds. The summed E-state index contributed by atoms with van der Waals surface area (Å²) in [7, 11) is 0. The zero-order chi connectivity index (χ0) is 32.2. The van der Waals surface area contributed by atoms with Crippen LogP contribution in [0.2, 0.25) is 0 Å². The summed E-state index contributed by atoms with van der Waals surface area (Å²) in [6.07, 6.45) is 51.0. The summed E-state index contributed by atoms with van der Waals surface area (Å²) < 4.78 is 0.